The van der Waals surface area contributed by atoms with E-state index >= 15 is 0 Å². The lowest BCUT2D eigenvalue weighted by Gasteiger charge is -2.04. The molecule has 16 aromatic rings. The molecule has 0 fully saturated rings. The smallest absolute Gasteiger partial charge is 0.258 e. The van der Waals surface area contributed by atoms with Crippen LogP contribution in [-0.4, -0.2) is 65.8 Å². The number of hydrogen-bond donors (Lipinski definition) is 7. The third-order valence-electron chi connectivity index (χ3n) is 15.0. The summed E-state index contributed by atoms with van der Waals surface area (Å²) in [5.41, 5.74) is 29.5. The van der Waals surface area contributed by atoms with E-state index < -0.39 is 0 Å². The first-order valence-electron chi connectivity index (χ1n) is 32.5. The van der Waals surface area contributed by atoms with Crippen LogP contribution in [0.3, 0.4) is 0 Å². The van der Waals surface area contributed by atoms with Gasteiger partial charge in [0.2, 0.25) is 53.0 Å². The van der Waals surface area contributed by atoms with Crippen molar-refractivity contribution in [2.75, 3.05) is 45.5 Å². The molecule has 0 atom stereocenters. The fourth-order valence-electron chi connectivity index (χ4n) is 9.83. The van der Waals surface area contributed by atoms with Gasteiger partial charge in [0.25, 0.3) is 5.91 Å². The number of pyridine rings is 1. The highest BCUT2D eigenvalue weighted by atomic mass is 35.5. The molecule has 0 radical (unpaired) electrons. The largest absolute Gasteiger partial charge is 0.367 e. The number of carbonyl (C=O) groups excluding carboxylic acids is 3. The summed E-state index contributed by atoms with van der Waals surface area (Å²) >= 11 is 5.96. The van der Waals surface area contributed by atoms with Crippen LogP contribution in [-0.2, 0) is 16.0 Å². The number of benzene rings is 8. The first-order valence-corrected chi connectivity index (χ1v) is 32.9. The van der Waals surface area contributed by atoms with Gasteiger partial charge in [-0.2, -0.15) is 0 Å². The van der Waals surface area contributed by atoms with Gasteiger partial charge in [-0.25, -0.2) is 4.39 Å². The van der Waals surface area contributed by atoms with Crippen molar-refractivity contribution >= 4 is 70.5 Å². The maximum atomic E-state index is 13.2. The average molecular weight is 1450 g/mol. The second kappa shape index (κ2) is 38.9. The van der Waals surface area contributed by atoms with Crippen molar-refractivity contribution in [3.8, 4) is 77.9 Å². The summed E-state index contributed by atoms with van der Waals surface area (Å²) in [6.07, 6.45) is 14.7. The van der Waals surface area contributed by atoms with E-state index in [1.54, 1.807) is 86.0 Å². The number of nitrogens with one attached hydrogen (secondary N) is 4. The van der Waals surface area contributed by atoms with Gasteiger partial charge in [0.15, 0.2) is 0 Å². The predicted octanol–water partition coefficient (Wildman–Crippen LogP) is 17.8. The van der Waals surface area contributed by atoms with Crippen LogP contribution in [0.25, 0.3) is 77.9 Å². The monoisotopic (exact) mass is 1450 g/mol. The minimum Gasteiger partial charge on any atom is -0.367 e. The zero-order valence-corrected chi connectivity index (χ0v) is 57.9. The summed E-state index contributed by atoms with van der Waals surface area (Å²) in [5.74, 6) is 1.68. The number of carbonyl (C=O) groups is 3. The Balaban J connectivity index is 0.000000135. The molecule has 0 aliphatic rings. The van der Waals surface area contributed by atoms with Crippen LogP contribution in [0.1, 0.15) is 22.8 Å². The number of nitrogens with zero attached hydrogens (tertiary/aromatic N) is 8. The summed E-state index contributed by atoms with van der Waals surface area (Å²) in [4.78, 5) is 39.0. The first-order chi connectivity index (χ1) is 52.3. The van der Waals surface area contributed by atoms with Crippen molar-refractivity contribution in [2.24, 2.45) is 0 Å². The van der Waals surface area contributed by atoms with Gasteiger partial charge >= 0.3 is 0 Å². The Morgan fingerprint density at radius 1 is 0.364 bits per heavy atom. The van der Waals surface area contributed by atoms with Gasteiger partial charge in [-0.1, -0.05) is 260 Å². The third-order valence-corrected chi connectivity index (χ3v) is 15.3. The van der Waals surface area contributed by atoms with Crippen LogP contribution in [0.15, 0.2) is 330 Å². The Kier molecular flexibility index (Phi) is 27.2. The molecule has 536 valence electrons. The molecular weight excluding hydrogens is 1390 g/mol. The number of nitrogen functional groups attached to an aromatic ring is 3. The van der Waals surface area contributed by atoms with Gasteiger partial charge in [-0.3, -0.25) is 35.3 Å². The van der Waals surface area contributed by atoms with Crippen LogP contribution in [0, 0.1) is 5.82 Å². The molecule has 107 heavy (non-hydrogen) atoms. The van der Waals surface area contributed by atoms with E-state index in [0.717, 1.165) is 72.3 Å². The van der Waals surface area contributed by atoms with Crippen molar-refractivity contribution in [1.29, 1.82) is 0 Å². The molecule has 3 amide bonds. The van der Waals surface area contributed by atoms with Gasteiger partial charge < -0.3 is 54.2 Å². The summed E-state index contributed by atoms with van der Waals surface area (Å²) in [5, 5.41) is 37.2. The maximum absolute atomic E-state index is 13.2. The number of hydrogen-bond acceptors (Lipinski definition) is 22. The third kappa shape index (κ3) is 21.6. The van der Waals surface area contributed by atoms with Gasteiger partial charge in [0.05, 0.1) is 88.7 Å². The Morgan fingerprint density at radius 2 is 0.720 bits per heavy atom. The molecule has 8 heterocycles. The SMILES string of the molecule is CC(=O)Nc1oncc1-c1ccccc1.CNc1oncc1-c1ccccc1.Nc1oncc1-c1ccccc1Cl.Nc1oncc1-c1ccccc1F.Nc1oncc1-c1cccnc1.O=C(Cc1ccccc1)Nc1oncc1-c1ccccc1.O=C(Nc1oncc1-c1ccccc1)c1ccccc1. The topological polar surface area (TPSA) is 372 Å². The number of rotatable bonds is 14. The number of halogens is 2. The molecule has 0 saturated carbocycles. The first kappa shape index (κ1) is 74.9. The molecule has 0 aliphatic heterocycles. The van der Waals surface area contributed by atoms with E-state index in [0.29, 0.717) is 57.6 Å². The van der Waals surface area contributed by atoms with Crippen molar-refractivity contribution < 1.29 is 50.4 Å². The zero-order chi connectivity index (χ0) is 75.0. The Morgan fingerprint density at radius 3 is 1.14 bits per heavy atom. The summed E-state index contributed by atoms with van der Waals surface area (Å²) in [6, 6.07) is 74.9. The molecule has 0 aliphatic carbocycles. The standard InChI is InChI=1S/C17H14N2O2.C16H12N2O2.C11H10N2O2.C10H10N2O.C9H7ClN2O.C9H7FN2O.C8H7N3O/c20-16(11-13-7-3-1-4-8-13)19-17-15(12-18-21-17)14-9-5-2-6-10-14;19-15(13-9-5-2-6-10-13)18-16-14(11-17-20-16)12-7-3-1-4-8-12;1-8(14)13-11-10(7-12-15-11)9-5-3-2-4-6-9;1-11-10-9(7-12-13-10)8-5-3-2-4-6-8;2*10-8-4-2-1-3-6(8)7-5-12-13-9(7)11;9-8-7(5-11-12-8)6-2-1-3-10-4-6/h1-10,12H,11H2,(H,19,20);1-11H,(H,18,19);2-7H,1H3,(H,13,14);2-7,11H,1H3;2*1-5H,11H2;1-5H,9H2. The van der Waals surface area contributed by atoms with E-state index in [9.17, 15) is 18.8 Å². The minimum absolute atomic E-state index is 0.130. The van der Waals surface area contributed by atoms with Gasteiger partial charge in [-0.05, 0) is 58.1 Å². The molecule has 16 rings (SSSR count). The van der Waals surface area contributed by atoms with Crippen LogP contribution < -0.4 is 38.5 Å². The second-order valence-electron chi connectivity index (χ2n) is 22.2. The molecule has 0 saturated heterocycles. The van der Waals surface area contributed by atoms with E-state index in [-0.39, 0.29) is 35.3 Å². The number of aromatic nitrogens is 8. The van der Waals surface area contributed by atoms with Gasteiger partial charge in [0, 0.05) is 53.6 Å². The average Bonchev–Trinajstić information content (AvgIpc) is 1.78. The van der Waals surface area contributed by atoms with Crippen LogP contribution in [0.4, 0.5) is 45.6 Å². The predicted molar refractivity (Wildman–Crippen MR) is 407 cm³/mol. The molecular formula is C80H67ClFN15O10. The van der Waals surface area contributed by atoms with Crippen molar-refractivity contribution in [3.05, 3.63) is 320 Å². The van der Waals surface area contributed by atoms with Crippen molar-refractivity contribution in [1.82, 2.24) is 41.1 Å². The molecule has 0 spiro atoms. The lowest BCUT2D eigenvalue weighted by Crippen LogP contribution is -2.14. The lowest BCUT2D eigenvalue weighted by molar-refractivity contribution is -0.116. The number of nitrogens with two attached hydrogens (primary N) is 3. The summed E-state index contributed by atoms with van der Waals surface area (Å²) in [6.45, 7) is 1.43. The van der Waals surface area contributed by atoms with E-state index in [1.165, 1.54) is 19.2 Å². The van der Waals surface area contributed by atoms with E-state index in [1.807, 2.05) is 207 Å². The molecule has 27 heteroatoms. The number of amides is 3. The Labute approximate surface area is 616 Å². The molecule has 0 unspecified atom stereocenters. The molecule has 8 aromatic heterocycles. The number of anilines is 7. The fraction of sp³-hybridized carbons (Fsp3) is 0.0375. The normalized spacial score (nSPS) is 10.1. The van der Waals surface area contributed by atoms with Crippen molar-refractivity contribution in [2.45, 2.75) is 13.3 Å². The summed E-state index contributed by atoms with van der Waals surface area (Å²) < 4.78 is 47.5. The second-order valence-corrected chi connectivity index (χ2v) is 22.6. The summed E-state index contributed by atoms with van der Waals surface area (Å²) in [7, 11) is 1.81. The van der Waals surface area contributed by atoms with Crippen LogP contribution in [0.5, 0.6) is 0 Å². The van der Waals surface area contributed by atoms with Gasteiger partial charge in [-0.15, -0.1) is 0 Å². The molecule has 0 bridgehead atoms. The molecule has 8 aromatic carbocycles. The zero-order valence-electron chi connectivity index (χ0n) is 57.1. The highest BCUT2D eigenvalue weighted by Gasteiger charge is 2.18. The van der Waals surface area contributed by atoms with Gasteiger partial charge in [0.1, 0.15) is 5.82 Å². The van der Waals surface area contributed by atoms with E-state index in [4.69, 9.17) is 55.9 Å². The van der Waals surface area contributed by atoms with E-state index in [2.05, 4.69) is 66.9 Å². The highest BCUT2D eigenvalue weighted by molar-refractivity contribution is 6.33. The minimum atomic E-state index is -0.336. The Bertz CT molecular complexity index is 5250. The lowest BCUT2D eigenvalue weighted by atomic mass is 10.1. The Hall–Kier alpha value is -14.8. The van der Waals surface area contributed by atoms with Crippen LogP contribution in [0.2, 0.25) is 5.02 Å². The van der Waals surface area contributed by atoms with Crippen LogP contribution >= 0.6 is 11.6 Å². The quantitative estimate of drug-likeness (QED) is 0.0531. The van der Waals surface area contributed by atoms with Crippen molar-refractivity contribution in [3.63, 3.8) is 0 Å². The molecule has 25 nitrogen and oxygen atoms in total. The molecule has 10 N–H and O–H groups in total. The highest BCUT2D eigenvalue weighted by Crippen LogP contribution is 2.34. The maximum Gasteiger partial charge on any atom is 0.258 e. The fourth-order valence-corrected chi connectivity index (χ4v) is 10.1.